The van der Waals surface area contributed by atoms with Gasteiger partial charge < -0.3 is 15.4 Å². The quantitative estimate of drug-likeness (QED) is 0.456. The van der Waals surface area contributed by atoms with Crippen LogP contribution < -0.4 is 10.6 Å². The van der Waals surface area contributed by atoms with Crippen molar-refractivity contribution >= 4 is 23.3 Å². The number of benzene rings is 2. The molecule has 0 saturated heterocycles. The molecule has 1 aromatic heterocycles. The van der Waals surface area contributed by atoms with Crippen LogP contribution in [0.4, 0.5) is 4.79 Å². The second kappa shape index (κ2) is 10.9. The molecular formula is C26H27N3O3S. The Labute approximate surface area is 197 Å². The number of carbonyl (C=O) groups excluding carboxylic acids is 2. The molecule has 0 saturated carbocycles. The molecule has 0 fully saturated rings. The van der Waals surface area contributed by atoms with Gasteiger partial charge in [0.05, 0.1) is 18.2 Å². The number of rotatable bonds is 9. The average molecular weight is 462 g/mol. The van der Waals surface area contributed by atoms with Crippen molar-refractivity contribution in [3.8, 4) is 0 Å². The summed E-state index contributed by atoms with van der Waals surface area (Å²) in [5, 5.41) is 7.72. The first kappa shape index (κ1) is 22.8. The van der Waals surface area contributed by atoms with Gasteiger partial charge >= 0.3 is 12.0 Å². The van der Waals surface area contributed by atoms with E-state index < -0.39 is 12.0 Å². The molecule has 0 bridgehead atoms. The topological polar surface area (TPSA) is 70.7 Å². The first-order chi connectivity index (χ1) is 16.1. The van der Waals surface area contributed by atoms with E-state index in [0.717, 1.165) is 16.0 Å². The number of amides is 2. The third-order valence-corrected chi connectivity index (χ3v) is 6.29. The maximum absolute atomic E-state index is 13.0. The third kappa shape index (κ3) is 5.88. The summed E-state index contributed by atoms with van der Waals surface area (Å²) < 4.78 is 5.39. The zero-order valence-electron chi connectivity index (χ0n) is 18.5. The van der Waals surface area contributed by atoms with Gasteiger partial charge in [0.2, 0.25) is 0 Å². The molecule has 2 N–H and O–H groups in total. The van der Waals surface area contributed by atoms with E-state index in [4.69, 9.17) is 4.74 Å². The summed E-state index contributed by atoms with van der Waals surface area (Å²) in [5.74, 6) is -0.419. The molecule has 0 radical (unpaired) electrons. The first-order valence-corrected chi connectivity index (χ1v) is 11.8. The first-order valence-electron chi connectivity index (χ1n) is 11.0. The van der Waals surface area contributed by atoms with E-state index in [9.17, 15) is 9.59 Å². The Morgan fingerprint density at radius 1 is 0.939 bits per heavy atom. The predicted molar refractivity (Wildman–Crippen MR) is 129 cm³/mol. The zero-order valence-corrected chi connectivity index (χ0v) is 19.3. The molecule has 0 aliphatic carbocycles. The standard InChI is InChI=1S/C26H27N3O3S/c1-2-32-25(30)23-21(27-26(31)28-24(23)22-14-9-15-33-22)18-29(16-19-10-5-3-6-11-19)17-20-12-7-4-8-13-20/h3-15,24H,2,16-18H2,1H3,(H2,27,28,31)/t24-/m1/s1. The molecule has 4 rings (SSSR count). The molecular weight excluding hydrogens is 434 g/mol. The second-order valence-corrected chi connectivity index (χ2v) is 8.76. The molecule has 7 heteroatoms. The van der Waals surface area contributed by atoms with Crippen molar-refractivity contribution < 1.29 is 14.3 Å². The van der Waals surface area contributed by atoms with Crippen LogP contribution in [-0.2, 0) is 22.6 Å². The molecule has 1 aliphatic rings. The van der Waals surface area contributed by atoms with Gasteiger partial charge in [-0.2, -0.15) is 0 Å². The normalized spacial score (nSPS) is 15.8. The van der Waals surface area contributed by atoms with E-state index in [1.807, 2.05) is 53.9 Å². The van der Waals surface area contributed by atoms with E-state index in [0.29, 0.717) is 30.9 Å². The van der Waals surface area contributed by atoms with E-state index in [1.54, 1.807) is 6.92 Å². The Kier molecular flexibility index (Phi) is 7.55. The van der Waals surface area contributed by atoms with E-state index >= 15 is 0 Å². The van der Waals surface area contributed by atoms with Gasteiger partial charge in [-0.1, -0.05) is 66.7 Å². The fraction of sp³-hybridized carbons (Fsp3) is 0.231. The number of nitrogens with zero attached hydrogens (tertiary/aromatic N) is 1. The molecule has 6 nitrogen and oxygen atoms in total. The van der Waals surface area contributed by atoms with Crippen LogP contribution in [0, 0.1) is 0 Å². The fourth-order valence-corrected chi connectivity index (χ4v) is 4.72. The van der Waals surface area contributed by atoms with Gasteiger partial charge in [0.15, 0.2) is 0 Å². The van der Waals surface area contributed by atoms with Crippen LogP contribution in [0.2, 0.25) is 0 Å². The number of thiophene rings is 1. The fourth-order valence-electron chi connectivity index (χ4n) is 3.94. The number of esters is 1. The lowest BCUT2D eigenvalue weighted by Crippen LogP contribution is -2.48. The highest BCUT2D eigenvalue weighted by atomic mass is 32.1. The van der Waals surface area contributed by atoms with Gasteiger partial charge in [-0.15, -0.1) is 11.3 Å². The van der Waals surface area contributed by atoms with Gasteiger partial charge in [-0.3, -0.25) is 4.90 Å². The number of carbonyl (C=O) groups is 2. The summed E-state index contributed by atoms with van der Waals surface area (Å²) in [4.78, 5) is 28.7. The number of nitrogens with one attached hydrogen (secondary N) is 2. The summed E-state index contributed by atoms with van der Waals surface area (Å²) in [6.07, 6.45) is 0. The van der Waals surface area contributed by atoms with Gasteiger partial charge in [-0.05, 0) is 29.5 Å². The summed E-state index contributed by atoms with van der Waals surface area (Å²) >= 11 is 1.50. The minimum Gasteiger partial charge on any atom is -0.463 e. The molecule has 33 heavy (non-hydrogen) atoms. The van der Waals surface area contributed by atoms with E-state index in [1.165, 1.54) is 11.3 Å². The van der Waals surface area contributed by atoms with Crippen LogP contribution in [0.5, 0.6) is 0 Å². The molecule has 2 aromatic carbocycles. The van der Waals surface area contributed by atoms with E-state index in [-0.39, 0.29) is 12.6 Å². The monoisotopic (exact) mass is 461 g/mol. The average Bonchev–Trinajstić information content (AvgIpc) is 3.35. The Morgan fingerprint density at radius 3 is 2.12 bits per heavy atom. The van der Waals surface area contributed by atoms with Crippen molar-refractivity contribution in [3.05, 3.63) is 105 Å². The SMILES string of the molecule is CCOC(=O)C1=C(CN(Cc2ccccc2)Cc2ccccc2)NC(=O)N[C@@H]1c1cccs1. The highest BCUT2D eigenvalue weighted by Gasteiger charge is 2.34. The molecule has 1 atom stereocenters. The summed E-state index contributed by atoms with van der Waals surface area (Å²) in [5.41, 5.74) is 3.33. The van der Waals surface area contributed by atoms with Crippen molar-refractivity contribution in [1.29, 1.82) is 0 Å². The summed E-state index contributed by atoms with van der Waals surface area (Å²) in [6.45, 7) is 3.78. The van der Waals surface area contributed by atoms with Crippen molar-refractivity contribution in [2.24, 2.45) is 0 Å². The minimum atomic E-state index is -0.539. The van der Waals surface area contributed by atoms with Crippen molar-refractivity contribution in [2.75, 3.05) is 13.2 Å². The Balaban J connectivity index is 1.70. The number of ether oxygens (including phenoxy) is 1. The van der Waals surface area contributed by atoms with Gasteiger partial charge in [0.1, 0.15) is 0 Å². The zero-order chi connectivity index (χ0) is 23.0. The smallest absolute Gasteiger partial charge is 0.338 e. The lowest BCUT2D eigenvalue weighted by molar-refractivity contribution is -0.139. The van der Waals surface area contributed by atoms with Gasteiger partial charge in [0, 0.05) is 30.2 Å². The molecule has 3 aromatic rings. The van der Waals surface area contributed by atoms with Crippen molar-refractivity contribution in [1.82, 2.24) is 15.5 Å². The van der Waals surface area contributed by atoms with Gasteiger partial charge in [-0.25, -0.2) is 9.59 Å². The van der Waals surface area contributed by atoms with Crippen LogP contribution in [0.25, 0.3) is 0 Å². The van der Waals surface area contributed by atoms with Crippen LogP contribution >= 0.6 is 11.3 Å². The van der Waals surface area contributed by atoms with Gasteiger partial charge in [0.25, 0.3) is 0 Å². The van der Waals surface area contributed by atoms with E-state index in [2.05, 4.69) is 39.8 Å². The predicted octanol–water partition coefficient (Wildman–Crippen LogP) is 4.62. The lowest BCUT2D eigenvalue weighted by Gasteiger charge is -2.31. The highest BCUT2D eigenvalue weighted by Crippen LogP contribution is 2.31. The summed E-state index contributed by atoms with van der Waals surface area (Å²) in [6, 6.07) is 23.3. The third-order valence-electron chi connectivity index (χ3n) is 5.36. The van der Waals surface area contributed by atoms with Crippen LogP contribution in [-0.4, -0.2) is 30.1 Å². The van der Waals surface area contributed by atoms with Crippen molar-refractivity contribution in [2.45, 2.75) is 26.1 Å². The largest absolute Gasteiger partial charge is 0.463 e. The number of hydrogen-bond acceptors (Lipinski definition) is 5. The Hall–Kier alpha value is -3.42. The minimum absolute atomic E-state index is 0.262. The molecule has 0 unspecified atom stereocenters. The molecule has 170 valence electrons. The maximum atomic E-state index is 13.0. The lowest BCUT2D eigenvalue weighted by atomic mass is 10.00. The Morgan fingerprint density at radius 2 is 1.58 bits per heavy atom. The maximum Gasteiger partial charge on any atom is 0.338 e. The second-order valence-electron chi connectivity index (χ2n) is 7.78. The van der Waals surface area contributed by atoms with Crippen LogP contribution in [0.15, 0.2) is 89.4 Å². The van der Waals surface area contributed by atoms with Crippen LogP contribution in [0.3, 0.4) is 0 Å². The molecule has 1 aliphatic heterocycles. The molecule has 2 heterocycles. The van der Waals surface area contributed by atoms with Crippen LogP contribution in [0.1, 0.15) is 29.0 Å². The molecule has 2 amide bonds. The number of hydrogen-bond donors (Lipinski definition) is 2. The molecule has 0 spiro atoms. The highest BCUT2D eigenvalue weighted by molar-refractivity contribution is 7.10. The van der Waals surface area contributed by atoms with Crippen molar-refractivity contribution in [3.63, 3.8) is 0 Å². The Bertz CT molecular complexity index is 1060. The number of urea groups is 1. The summed E-state index contributed by atoms with van der Waals surface area (Å²) in [7, 11) is 0.